The Kier molecular flexibility index (Phi) is 5.20. The number of hydrogen-bond acceptors (Lipinski definition) is 5. The van der Waals surface area contributed by atoms with Gasteiger partial charge in [0.05, 0.1) is 36.9 Å². The number of ether oxygens (including phenoxy) is 2. The number of morpholine rings is 1. The molecule has 0 saturated carbocycles. The van der Waals surface area contributed by atoms with Crippen LogP contribution < -0.4 is 0 Å². The van der Waals surface area contributed by atoms with Gasteiger partial charge in [0.25, 0.3) is 0 Å². The van der Waals surface area contributed by atoms with Gasteiger partial charge in [0.1, 0.15) is 11.4 Å². The van der Waals surface area contributed by atoms with Gasteiger partial charge in [0.15, 0.2) is 5.78 Å². The van der Waals surface area contributed by atoms with Crippen LogP contribution in [0.25, 0.3) is 0 Å². The van der Waals surface area contributed by atoms with Gasteiger partial charge in [0.2, 0.25) is 0 Å². The fraction of sp³-hybridized carbons (Fsp3) is 0.550. The molecule has 2 aliphatic rings. The quantitative estimate of drug-likeness (QED) is 0.742. The van der Waals surface area contributed by atoms with Crippen molar-refractivity contribution in [1.82, 2.24) is 4.90 Å². The summed E-state index contributed by atoms with van der Waals surface area (Å²) in [5.74, 6) is -1.20. The Hall–Kier alpha value is -2.46. The third-order valence-electron chi connectivity index (χ3n) is 4.86. The third kappa shape index (κ3) is 4.11. The van der Waals surface area contributed by atoms with Gasteiger partial charge in [-0.2, -0.15) is 5.26 Å². The van der Waals surface area contributed by atoms with Crippen molar-refractivity contribution in [2.75, 3.05) is 13.2 Å². The lowest BCUT2D eigenvalue weighted by atomic mass is 9.80. The highest BCUT2D eigenvalue weighted by Gasteiger charge is 2.45. The zero-order chi connectivity index (χ0) is 19.8. The molecular formula is C20H23FN2O4. The van der Waals surface area contributed by atoms with Crippen molar-refractivity contribution in [3.05, 3.63) is 35.1 Å². The minimum atomic E-state index is -0.609. The molecule has 2 aliphatic heterocycles. The van der Waals surface area contributed by atoms with Crippen LogP contribution in [0.3, 0.4) is 0 Å². The maximum Gasteiger partial charge on any atom is 0.410 e. The molecular weight excluding hydrogens is 351 g/mol. The lowest BCUT2D eigenvalue weighted by Gasteiger charge is -2.47. The molecule has 0 aliphatic carbocycles. The monoisotopic (exact) mass is 374 g/mol. The second-order valence-electron chi connectivity index (χ2n) is 8.07. The molecule has 0 radical (unpaired) electrons. The van der Waals surface area contributed by atoms with E-state index >= 15 is 0 Å². The van der Waals surface area contributed by atoms with Crippen molar-refractivity contribution in [3.8, 4) is 6.07 Å². The molecule has 1 amide bonds. The highest BCUT2D eigenvalue weighted by atomic mass is 19.1. The second-order valence-corrected chi connectivity index (χ2v) is 8.07. The molecule has 0 N–H and O–H groups in total. The van der Waals surface area contributed by atoms with E-state index < -0.39 is 23.4 Å². The van der Waals surface area contributed by atoms with E-state index in [1.165, 1.54) is 12.1 Å². The van der Waals surface area contributed by atoms with Gasteiger partial charge in [-0.05, 0) is 51.8 Å². The summed E-state index contributed by atoms with van der Waals surface area (Å²) in [6, 6.07) is 5.00. The number of nitriles is 1. The number of benzene rings is 1. The normalized spacial score (nSPS) is 24.9. The number of carbonyl (C=O) groups is 2. The Morgan fingerprint density at radius 1 is 1.26 bits per heavy atom. The number of hydrogen-bond donors (Lipinski definition) is 0. The summed E-state index contributed by atoms with van der Waals surface area (Å²) in [6.45, 7) is 6.07. The lowest BCUT2D eigenvalue weighted by Crippen LogP contribution is -2.60. The Morgan fingerprint density at radius 3 is 2.44 bits per heavy atom. The zero-order valence-electron chi connectivity index (χ0n) is 15.7. The number of fused-ring (bicyclic) bond motifs is 2. The standard InChI is InChI=1S/C20H23FN2O4/c1-20(2,3)27-19(25)23-15-6-13(7-16(23)11-26-10-15)18(24)17-8-14(21)5-4-12(17)9-22/h4-5,8,13,15-16H,6-7,10-11H2,1-3H3. The summed E-state index contributed by atoms with van der Waals surface area (Å²) in [7, 11) is 0. The van der Waals surface area contributed by atoms with E-state index in [4.69, 9.17) is 9.47 Å². The van der Waals surface area contributed by atoms with Crippen LogP contribution in [0.4, 0.5) is 9.18 Å². The number of Topliss-reactive ketones (excluding diaryl/α,β-unsaturated/α-hetero) is 1. The summed E-state index contributed by atoms with van der Waals surface area (Å²) in [5, 5.41) is 9.23. The summed E-state index contributed by atoms with van der Waals surface area (Å²) >= 11 is 0. The maximum atomic E-state index is 13.6. The molecule has 2 fully saturated rings. The molecule has 1 aromatic rings. The Labute approximate surface area is 157 Å². The van der Waals surface area contributed by atoms with Crippen molar-refractivity contribution in [3.63, 3.8) is 0 Å². The fourth-order valence-corrected chi connectivity index (χ4v) is 3.78. The summed E-state index contributed by atoms with van der Waals surface area (Å²) in [6.07, 6.45) is 0.390. The van der Waals surface area contributed by atoms with Crippen LogP contribution in [0, 0.1) is 23.1 Å². The van der Waals surface area contributed by atoms with Crippen molar-refractivity contribution in [2.45, 2.75) is 51.3 Å². The van der Waals surface area contributed by atoms with Crippen LogP contribution >= 0.6 is 0 Å². The molecule has 0 spiro atoms. The van der Waals surface area contributed by atoms with E-state index in [-0.39, 0.29) is 29.0 Å². The first-order chi connectivity index (χ1) is 12.7. The van der Waals surface area contributed by atoms with Gasteiger partial charge < -0.3 is 9.47 Å². The van der Waals surface area contributed by atoms with E-state index in [0.29, 0.717) is 26.1 Å². The summed E-state index contributed by atoms with van der Waals surface area (Å²) in [5.41, 5.74) is -0.341. The van der Waals surface area contributed by atoms with Crippen LogP contribution in [0.1, 0.15) is 49.5 Å². The van der Waals surface area contributed by atoms with Crippen LogP contribution in [0.15, 0.2) is 18.2 Å². The molecule has 3 rings (SSSR count). The minimum absolute atomic E-state index is 0.104. The van der Waals surface area contributed by atoms with Gasteiger partial charge in [0, 0.05) is 11.5 Å². The predicted octanol–water partition coefficient (Wildman–Crippen LogP) is 3.29. The van der Waals surface area contributed by atoms with Crippen molar-refractivity contribution in [2.24, 2.45) is 5.92 Å². The number of ketones is 1. The average Bonchev–Trinajstić information content (AvgIpc) is 2.58. The molecule has 2 saturated heterocycles. The van der Waals surface area contributed by atoms with E-state index in [2.05, 4.69) is 0 Å². The zero-order valence-corrected chi connectivity index (χ0v) is 15.7. The molecule has 2 bridgehead atoms. The number of carbonyl (C=O) groups excluding carboxylic acids is 2. The fourth-order valence-electron chi connectivity index (χ4n) is 3.78. The van der Waals surface area contributed by atoms with Crippen LogP contribution in [0.5, 0.6) is 0 Å². The van der Waals surface area contributed by atoms with Gasteiger partial charge in [-0.15, -0.1) is 0 Å². The van der Waals surface area contributed by atoms with Crippen LogP contribution in [-0.4, -0.2) is 47.7 Å². The van der Waals surface area contributed by atoms with Gasteiger partial charge in [-0.1, -0.05) is 0 Å². The van der Waals surface area contributed by atoms with Gasteiger partial charge >= 0.3 is 6.09 Å². The SMILES string of the molecule is CC(C)(C)OC(=O)N1C2COCC1CC(C(=O)c1cc(F)ccc1C#N)C2. The van der Waals surface area contributed by atoms with E-state index in [9.17, 15) is 19.2 Å². The molecule has 7 heteroatoms. The van der Waals surface area contributed by atoms with Crippen LogP contribution in [-0.2, 0) is 9.47 Å². The van der Waals surface area contributed by atoms with Crippen molar-refractivity contribution in [1.29, 1.82) is 5.26 Å². The van der Waals surface area contributed by atoms with Crippen molar-refractivity contribution < 1.29 is 23.5 Å². The first kappa shape index (κ1) is 19.3. The number of rotatable bonds is 2. The van der Waals surface area contributed by atoms with Gasteiger partial charge in [-0.3, -0.25) is 9.69 Å². The van der Waals surface area contributed by atoms with Gasteiger partial charge in [-0.25, -0.2) is 9.18 Å². The smallest absolute Gasteiger partial charge is 0.410 e. The molecule has 144 valence electrons. The maximum absolute atomic E-state index is 13.6. The van der Waals surface area contributed by atoms with Crippen LogP contribution in [0.2, 0.25) is 0 Å². The topological polar surface area (TPSA) is 79.6 Å². The number of nitrogens with zero attached hydrogens (tertiary/aromatic N) is 2. The molecule has 27 heavy (non-hydrogen) atoms. The summed E-state index contributed by atoms with van der Waals surface area (Å²) in [4.78, 5) is 27.2. The second kappa shape index (κ2) is 7.28. The Bertz CT molecular complexity index is 782. The predicted molar refractivity (Wildman–Crippen MR) is 94.6 cm³/mol. The Balaban J connectivity index is 1.81. The molecule has 2 atom stereocenters. The summed E-state index contributed by atoms with van der Waals surface area (Å²) < 4.78 is 24.7. The van der Waals surface area contributed by atoms with E-state index in [1.54, 1.807) is 25.7 Å². The highest BCUT2D eigenvalue weighted by molar-refractivity contribution is 6.00. The molecule has 2 heterocycles. The first-order valence-electron chi connectivity index (χ1n) is 9.02. The van der Waals surface area contributed by atoms with Crippen molar-refractivity contribution >= 4 is 11.9 Å². The lowest BCUT2D eigenvalue weighted by molar-refractivity contribution is -0.0861. The number of piperidine rings is 1. The molecule has 0 aromatic heterocycles. The minimum Gasteiger partial charge on any atom is -0.444 e. The third-order valence-corrected chi connectivity index (χ3v) is 4.86. The Morgan fingerprint density at radius 2 is 1.89 bits per heavy atom. The number of amides is 1. The molecule has 1 aromatic carbocycles. The largest absolute Gasteiger partial charge is 0.444 e. The number of halogens is 1. The molecule has 2 unspecified atom stereocenters. The van der Waals surface area contributed by atoms with E-state index in [1.807, 2.05) is 6.07 Å². The highest BCUT2D eigenvalue weighted by Crippen LogP contribution is 2.35. The molecule has 6 nitrogen and oxygen atoms in total. The average molecular weight is 374 g/mol. The van der Waals surface area contributed by atoms with E-state index in [0.717, 1.165) is 6.07 Å². The first-order valence-corrected chi connectivity index (χ1v) is 9.02.